The van der Waals surface area contributed by atoms with Crippen LogP contribution < -0.4 is 0 Å². The molecule has 26 heavy (non-hydrogen) atoms. The molecule has 4 heteroatoms. The van der Waals surface area contributed by atoms with Crippen LogP contribution in [0.2, 0.25) is 0 Å². The minimum Gasteiger partial charge on any atom is -0.462 e. The number of hydrogen-bond acceptors (Lipinski definition) is 4. The van der Waals surface area contributed by atoms with Gasteiger partial charge < -0.3 is 9.47 Å². The first-order valence-corrected chi connectivity index (χ1v) is 9.26. The number of carbonyl (C=O) groups excluding carboxylic acids is 2. The van der Waals surface area contributed by atoms with Gasteiger partial charge in [0.2, 0.25) is 0 Å². The number of benzene rings is 1. The molecule has 0 N–H and O–H groups in total. The van der Waals surface area contributed by atoms with E-state index >= 15 is 0 Å². The van der Waals surface area contributed by atoms with Gasteiger partial charge in [-0.05, 0) is 40.9 Å². The van der Waals surface area contributed by atoms with Crippen molar-refractivity contribution in [3.63, 3.8) is 0 Å². The quantitative estimate of drug-likeness (QED) is 0.645. The van der Waals surface area contributed by atoms with Crippen LogP contribution in [-0.2, 0) is 15.9 Å². The standard InChI is InChI=1S/C22H34O4/c1-15(2)11-16-9-10-17(19(23)25-13-21(3,4)5)18(12-16)20(24)26-14-22(6,7)8/h9-10,12,15H,11,13-14H2,1-8H3. The summed E-state index contributed by atoms with van der Waals surface area (Å²) in [5.41, 5.74) is 1.28. The lowest BCUT2D eigenvalue weighted by atomic mass is 9.96. The van der Waals surface area contributed by atoms with Gasteiger partial charge in [-0.2, -0.15) is 0 Å². The van der Waals surface area contributed by atoms with Gasteiger partial charge in [-0.1, -0.05) is 61.5 Å². The first-order chi connectivity index (χ1) is 11.8. The molecule has 4 nitrogen and oxygen atoms in total. The van der Waals surface area contributed by atoms with Crippen LogP contribution in [0.1, 0.15) is 81.7 Å². The third kappa shape index (κ3) is 8.03. The van der Waals surface area contributed by atoms with Crippen molar-refractivity contribution >= 4 is 11.9 Å². The van der Waals surface area contributed by atoms with Crippen LogP contribution in [0.4, 0.5) is 0 Å². The number of carbonyl (C=O) groups is 2. The molecule has 0 bridgehead atoms. The van der Waals surface area contributed by atoms with Gasteiger partial charge >= 0.3 is 11.9 Å². The lowest BCUT2D eigenvalue weighted by Crippen LogP contribution is -2.22. The van der Waals surface area contributed by atoms with Crippen molar-refractivity contribution in [3.8, 4) is 0 Å². The molecule has 0 radical (unpaired) electrons. The Labute approximate surface area is 158 Å². The molecular formula is C22H34O4. The van der Waals surface area contributed by atoms with E-state index in [4.69, 9.17) is 9.47 Å². The summed E-state index contributed by atoms with van der Waals surface area (Å²) < 4.78 is 10.8. The summed E-state index contributed by atoms with van der Waals surface area (Å²) in [6.45, 7) is 16.8. The zero-order valence-corrected chi connectivity index (χ0v) is 17.6. The Morgan fingerprint density at radius 2 is 1.31 bits per heavy atom. The molecule has 0 spiro atoms. The van der Waals surface area contributed by atoms with Gasteiger partial charge in [-0.3, -0.25) is 0 Å². The smallest absolute Gasteiger partial charge is 0.339 e. The molecule has 0 heterocycles. The molecule has 0 aliphatic carbocycles. The van der Waals surface area contributed by atoms with Gasteiger partial charge in [0, 0.05) is 0 Å². The van der Waals surface area contributed by atoms with Crippen molar-refractivity contribution < 1.29 is 19.1 Å². The summed E-state index contributed by atoms with van der Waals surface area (Å²) in [5, 5.41) is 0. The molecule has 1 aromatic rings. The molecule has 146 valence electrons. The molecule has 0 saturated carbocycles. The van der Waals surface area contributed by atoms with Gasteiger partial charge in [-0.15, -0.1) is 0 Å². The Balaban J connectivity index is 3.11. The van der Waals surface area contributed by atoms with E-state index in [-0.39, 0.29) is 35.2 Å². The van der Waals surface area contributed by atoms with Crippen LogP contribution in [0.5, 0.6) is 0 Å². The van der Waals surface area contributed by atoms with E-state index in [1.165, 1.54) is 0 Å². The number of rotatable bonds is 6. The molecule has 0 unspecified atom stereocenters. The highest BCUT2D eigenvalue weighted by Crippen LogP contribution is 2.21. The Kier molecular flexibility index (Phi) is 7.43. The Morgan fingerprint density at radius 1 is 0.846 bits per heavy atom. The number of hydrogen-bond donors (Lipinski definition) is 0. The maximum atomic E-state index is 12.6. The Hall–Kier alpha value is -1.84. The summed E-state index contributed by atoms with van der Waals surface area (Å²) >= 11 is 0. The highest BCUT2D eigenvalue weighted by Gasteiger charge is 2.23. The second kappa shape index (κ2) is 8.70. The van der Waals surface area contributed by atoms with Gasteiger partial charge in [0.1, 0.15) is 0 Å². The molecule has 0 aromatic heterocycles. The highest BCUT2D eigenvalue weighted by atomic mass is 16.5. The van der Waals surface area contributed by atoms with Crippen molar-refractivity contribution in [1.82, 2.24) is 0 Å². The molecule has 1 aromatic carbocycles. The molecule has 0 aliphatic heterocycles. The minimum atomic E-state index is -0.487. The first-order valence-electron chi connectivity index (χ1n) is 9.26. The monoisotopic (exact) mass is 362 g/mol. The van der Waals surface area contributed by atoms with Crippen molar-refractivity contribution in [2.24, 2.45) is 16.7 Å². The maximum Gasteiger partial charge on any atom is 0.339 e. The second-order valence-electron chi connectivity index (χ2n) is 9.75. The van der Waals surface area contributed by atoms with E-state index in [1.54, 1.807) is 12.1 Å². The van der Waals surface area contributed by atoms with Gasteiger partial charge in [0.05, 0.1) is 24.3 Å². The normalized spacial score (nSPS) is 12.2. The van der Waals surface area contributed by atoms with Crippen LogP contribution in [-0.4, -0.2) is 25.2 Å². The third-order valence-electron chi connectivity index (χ3n) is 3.44. The third-order valence-corrected chi connectivity index (χ3v) is 3.44. The summed E-state index contributed by atoms with van der Waals surface area (Å²) in [6, 6.07) is 5.32. The van der Waals surface area contributed by atoms with Crippen LogP contribution >= 0.6 is 0 Å². The van der Waals surface area contributed by atoms with Crippen LogP contribution in [0, 0.1) is 16.7 Å². The molecule has 0 atom stereocenters. The molecule has 0 fully saturated rings. The minimum absolute atomic E-state index is 0.139. The van der Waals surface area contributed by atoms with E-state index in [0.717, 1.165) is 12.0 Å². The second-order valence-corrected chi connectivity index (χ2v) is 9.75. The molecular weight excluding hydrogens is 328 g/mol. The van der Waals surface area contributed by atoms with E-state index < -0.39 is 11.9 Å². The van der Waals surface area contributed by atoms with Crippen LogP contribution in [0.15, 0.2) is 18.2 Å². The van der Waals surface area contributed by atoms with Crippen molar-refractivity contribution in [2.75, 3.05) is 13.2 Å². The number of ether oxygens (including phenoxy) is 2. The van der Waals surface area contributed by atoms with Crippen molar-refractivity contribution in [1.29, 1.82) is 0 Å². The van der Waals surface area contributed by atoms with Crippen LogP contribution in [0.3, 0.4) is 0 Å². The zero-order valence-electron chi connectivity index (χ0n) is 17.6. The predicted octanol–water partition coefficient (Wildman–Crippen LogP) is 5.29. The summed E-state index contributed by atoms with van der Waals surface area (Å²) in [7, 11) is 0. The Morgan fingerprint density at radius 3 is 1.73 bits per heavy atom. The predicted molar refractivity (Wildman–Crippen MR) is 104 cm³/mol. The van der Waals surface area contributed by atoms with Crippen molar-refractivity contribution in [3.05, 3.63) is 34.9 Å². The zero-order chi connectivity index (χ0) is 20.1. The summed E-state index contributed by atoms with van der Waals surface area (Å²) in [6.07, 6.45) is 0.830. The van der Waals surface area contributed by atoms with Gasteiger partial charge in [-0.25, -0.2) is 9.59 Å². The van der Waals surface area contributed by atoms with Crippen molar-refractivity contribution in [2.45, 2.75) is 61.8 Å². The fourth-order valence-electron chi connectivity index (χ4n) is 2.26. The summed E-state index contributed by atoms with van der Waals surface area (Å²) in [4.78, 5) is 25.1. The number of esters is 2. The van der Waals surface area contributed by atoms with Gasteiger partial charge in [0.15, 0.2) is 0 Å². The molecule has 1 rings (SSSR count). The lowest BCUT2D eigenvalue weighted by molar-refractivity contribution is 0.0322. The van der Waals surface area contributed by atoms with E-state index in [2.05, 4.69) is 13.8 Å². The lowest BCUT2D eigenvalue weighted by Gasteiger charge is -2.20. The maximum absolute atomic E-state index is 12.6. The average molecular weight is 363 g/mol. The van der Waals surface area contributed by atoms with Gasteiger partial charge in [0.25, 0.3) is 0 Å². The van der Waals surface area contributed by atoms with E-state index in [0.29, 0.717) is 5.92 Å². The molecule has 0 aliphatic rings. The fraction of sp³-hybridized carbons (Fsp3) is 0.636. The molecule has 0 saturated heterocycles. The fourth-order valence-corrected chi connectivity index (χ4v) is 2.26. The summed E-state index contributed by atoms with van der Waals surface area (Å²) in [5.74, 6) is -0.515. The highest BCUT2D eigenvalue weighted by molar-refractivity contribution is 6.03. The SMILES string of the molecule is CC(C)Cc1ccc(C(=O)OCC(C)(C)C)c(C(=O)OCC(C)(C)C)c1. The van der Waals surface area contributed by atoms with Crippen LogP contribution in [0.25, 0.3) is 0 Å². The average Bonchev–Trinajstić information content (AvgIpc) is 2.48. The first kappa shape index (κ1) is 22.2. The topological polar surface area (TPSA) is 52.6 Å². The molecule has 0 amide bonds. The Bertz CT molecular complexity index is 631. The largest absolute Gasteiger partial charge is 0.462 e. The van der Waals surface area contributed by atoms with E-state index in [9.17, 15) is 9.59 Å². The van der Waals surface area contributed by atoms with E-state index in [1.807, 2.05) is 47.6 Å².